The zero-order valence-corrected chi connectivity index (χ0v) is 21.8. The third kappa shape index (κ3) is 7.97. The largest absolute Gasteiger partial charge is 0.385 e. The smallest absolute Gasteiger partial charge is 0.241 e. The lowest BCUT2D eigenvalue weighted by Crippen LogP contribution is -2.45. The monoisotopic (exact) mass is 558 g/mol. The summed E-state index contributed by atoms with van der Waals surface area (Å²) < 4.78 is 32.8. The highest BCUT2D eigenvalue weighted by atomic mass is 127. The summed E-state index contributed by atoms with van der Waals surface area (Å²) in [5.74, 6) is 0.699. The predicted octanol–water partition coefficient (Wildman–Crippen LogP) is 3.02. The number of aliphatic imine (C=N–C) groups is 1. The summed E-state index contributed by atoms with van der Waals surface area (Å²) in [7, 11) is 0.00220. The van der Waals surface area contributed by atoms with Gasteiger partial charge in [0, 0.05) is 50.2 Å². The molecule has 3 N–H and O–H groups in total. The van der Waals surface area contributed by atoms with E-state index in [1.807, 2.05) is 13.8 Å². The number of aryl methyl sites for hydroxylation is 2. The molecule has 10 heteroatoms. The fraction of sp³-hybridized carbons (Fsp3) is 0.737. The maximum absolute atomic E-state index is 12.4. The van der Waals surface area contributed by atoms with E-state index in [1.54, 1.807) is 20.2 Å². The number of hydrogen-bond donors (Lipinski definition) is 3. The van der Waals surface area contributed by atoms with Gasteiger partial charge in [0.1, 0.15) is 0 Å². The molecule has 1 aromatic heterocycles. The fourth-order valence-electron chi connectivity index (χ4n) is 3.77. The first-order chi connectivity index (χ1) is 13.3. The molecule has 0 amide bonds. The number of thiophene rings is 1. The lowest BCUT2D eigenvalue weighted by Gasteiger charge is -2.30. The van der Waals surface area contributed by atoms with Gasteiger partial charge in [-0.05, 0) is 44.6 Å². The van der Waals surface area contributed by atoms with Gasteiger partial charge in [-0.15, -0.1) is 35.3 Å². The Morgan fingerprint density at radius 2 is 1.93 bits per heavy atom. The van der Waals surface area contributed by atoms with E-state index in [-0.39, 0.29) is 29.4 Å². The molecule has 0 saturated heterocycles. The van der Waals surface area contributed by atoms with Gasteiger partial charge in [-0.25, -0.2) is 13.1 Å². The zero-order chi connectivity index (χ0) is 20.6. The standard InChI is InChI=1S/C19H34N4O3S2.HI/c1-15-13-17(16(2)27-15)28(24,25)23-11-10-21-18(20-3)22-14-19(9-12-26-4)7-5-6-8-19;/h13,23H,5-12,14H2,1-4H3,(H2,20,21,22);1H. The minimum absolute atomic E-state index is 0. The normalized spacial score (nSPS) is 16.5. The molecule has 0 bridgehead atoms. The first kappa shape index (κ1) is 26.6. The number of hydrogen-bond acceptors (Lipinski definition) is 5. The van der Waals surface area contributed by atoms with Crippen LogP contribution in [0.5, 0.6) is 0 Å². The predicted molar refractivity (Wildman–Crippen MR) is 131 cm³/mol. The summed E-state index contributed by atoms with van der Waals surface area (Å²) >= 11 is 1.49. The van der Waals surface area contributed by atoms with Crippen molar-refractivity contribution in [1.82, 2.24) is 15.4 Å². The topological polar surface area (TPSA) is 91.8 Å². The maximum Gasteiger partial charge on any atom is 0.241 e. The van der Waals surface area contributed by atoms with E-state index >= 15 is 0 Å². The van der Waals surface area contributed by atoms with Crippen LogP contribution in [-0.2, 0) is 14.8 Å². The van der Waals surface area contributed by atoms with Crippen LogP contribution < -0.4 is 15.4 Å². The Morgan fingerprint density at radius 3 is 2.48 bits per heavy atom. The van der Waals surface area contributed by atoms with Crippen molar-refractivity contribution in [1.29, 1.82) is 0 Å². The van der Waals surface area contributed by atoms with Crippen molar-refractivity contribution in [2.45, 2.75) is 50.8 Å². The Morgan fingerprint density at radius 1 is 1.24 bits per heavy atom. The van der Waals surface area contributed by atoms with E-state index in [0.717, 1.165) is 29.3 Å². The van der Waals surface area contributed by atoms with Crippen molar-refractivity contribution in [3.63, 3.8) is 0 Å². The summed E-state index contributed by atoms with van der Waals surface area (Å²) in [6, 6.07) is 1.72. The number of rotatable bonds is 10. The summed E-state index contributed by atoms with van der Waals surface area (Å²) in [5, 5.41) is 6.60. The van der Waals surface area contributed by atoms with Gasteiger partial charge in [-0.3, -0.25) is 4.99 Å². The Labute approximate surface area is 196 Å². The average Bonchev–Trinajstić information content (AvgIpc) is 3.26. The van der Waals surface area contributed by atoms with Crippen molar-refractivity contribution < 1.29 is 13.2 Å². The van der Waals surface area contributed by atoms with Gasteiger partial charge in [0.15, 0.2) is 5.96 Å². The van der Waals surface area contributed by atoms with E-state index < -0.39 is 10.0 Å². The number of nitrogens with zero attached hydrogens (tertiary/aromatic N) is 1. The van der Waals surface area contributed by atoms with Gasteiger partial charge in [-0.2, -0.15) is 0 Å². The summed E-state index contributed by atoms with van der Waals surface area (Å²) in [4.78, 5) is 6.44. The van der Waals surface area contributed by atoms with Crippen LogP contribution in [-0.4, -0.2) is 54.8 Å². The third-order valence-corrected chi connectivity index (χ3v) is 8.03. The Bertz CT molecular complexity index is 760. The Hall–Kier alpha value is -0.430. The van der Waals surface area contributed by atoms with Crippen molar-refractivity contribution >= 4 is 51.3 Å². The minimum Gasteiger partial charge on any atom is -0.385 e. The molecule has 0 radical (unpaired) electrons. The van der Waals surface area contributed by atoms with Crippen molar-refractivity contribution in [3.8, 4) is 0 Å². The molecule has 0 unspecified atom stereocenters. The number of ether oxygens (including phenoxy) is 1. The van der Waals surface area contributed by atoms with Crippen LogP contribution in [0.3, 0.4) is 0 Å². The molecule has 1 aromatic rings. The molecule has 2 rings (SSSR count). The third-order valence-electron chi connectivity index (χ3n) is 5.35. The molecular formula is C19H35IN4O3S2. The quantitative estimate of drug-likeness (QED) is 0.178. The number of methoxy groups -OCH3 is 1. The highest BCUT2D eigenvalue weighted by Gasteiger charge is 2.33. The molecule has 1 aliphatic rings. The van der Waals surface area contributed by atoms with Gasteiger partial charge in [0.25, 0.3) is 0 Å². The number of halogens is 1. The summed E-state index contributed by atoms with van der Waals surface area (Å²) in [6.45, 7) is 6.14. The number of sulfonamides is 1. The molecule has 1 aliphatic carbocycles. The molecule has 1 saturated carbocycles. The minimum atomic E-state index is -3.47. The molecule has 0 atom stereocenters. The molecule has 0 spiro atoms. The van der Waals surface area contributed by atoms with Gasteiger partial charge >= 0.3 is 0 Å². The highest BCUT2D eigenvalue weighted by molar-refractivity contribution is 14.0. The number of guanidine groups is 1. The first-order valence-electron chi connectivity index (χ1n) is 9.82. The lowest BCUT2D eigenvalue weighted by molar-refractivity contribution is 0.138. The van der Waals surface area contributed by atoms with Crippen LogP contribution in [0, 0.1) is 19.3 Å². The van der Waals surface area contributed by atoms with Crippen molar-refractivity contribution in [2.75, 3.05) is 40.4 Å². The molecule has 29 heavy (non-hydrogen) atoms. The average molecular weight is 559 g/mol. The van der Waals surface area contributed by atoms with Crippen LogP contribution in [0.2, 0.25) is 0 Å². The van der Waals surface area contributed by atoms with E-state index in [4.69, 9.17) is 4.74 Å². The summed E-state index contributed by atoms with van der Waals surface area (Å²) in [5.41, 5.74) is 0.267. The van der Waals surface area contributed by atoms with Gasteiger partial charge in [0.05, 0.1) is 4.90 Å². The molecule has 168 valence electrons. The molecule has 1 fully saturated rings. The fourth-order valence-corrected chi connectivity index (χ4v) is 6.35. The molecule has 0 aromatic carbocycles. The lowest BCUT2D eigenvalue weighted by atomic mass is 9.83. The molecular weight excluding hydrogens is 523 g/mol. The summed E-state index contributed by atoms with van der Waals surface area (Å²) in [6.07, 6.45) is 5.99. The second kappa shape index (κ2) is 12.4. The van der Waals surface area contributed by atoms with Crippen LogP contribution in [0.25, 0.3) is 0 Å². The number of nitrogens with one attached hydrogen (secondary N) is 3. The van der Waals surface area contributed by atoms with Gasteiger partial charge in [-0.1, -0.05) is 12.8 Å². The van der Waals surface area contributed by atoms with E-state index in [1.165, 1.54) is 37.0 Å². The second-order valence-electron chi connectivity index (χ2n) is 7.48. The van der Waals surface area contributed by atoms with Crippen LogP contribution >= 0.6 is 35.3 Å². The molecule has 1 heterocycles. The van der Waals surface area contributed by atoms with Crippen LogP contribution in [0.15, 0.2) is 16.0 Å². The molecule has 7 nitrogen and oxygen atoms in total. The highest BCUT2D eigenvalue weighted by Crippen LogP contribution is 2.40. The maximum atomic E-state index is 12.4. The molecule has 0 aliphatic heterocycles. The van der Waals surface area contributed by atoms with E-state index in [9.17, 15) is 8.42 Å². The van der Waals surface area contributed by atoms with Crippen molar-refractivity contribution in [3.05, 3.63) is 15.8 Å². The second-order valence-corrected chi connectivity index (χ2v) is 10.7. The van der Waals surface area contributed by atoms with Gasteiger partial charge in [0.2, 0.25) is 10.0 Å². The van der Waals surface area contributed by atoms with Crippen molar-refractivity contribution in [2.24, 2.45) is 10.4 Å². The Balaban J connectivity index is 0.00000420. The Kier molecular flexibility index (Phi) is 11.4. The zero-order valence-electron chi connectivity index (χ0n) is 17.8. The SMILES string of the molecule is CN=C(NCCNS(=O)(=O)c1cc(C)sc1C)NCC1(CCOC)CCCC1.I. The van der Waals surface area contributed by atoms with Crippen LogP contribution in [0.1, 0.15) is 41.9 Å². The van der Waals surface area contributed by atoms with Crippen LogP contribution in [0.4, 0.5) is 0 Å². The first-order valence-corrected chi connectivity index (χ1v) is 12.1. The van der Waals surface area contributed by atoms with Gasteiger partial charge < -0.3 is 15.4 Å². The van der Waals surface area contributed by atoms with E-state index in [2.05, 4.69) is 20.3 Å². The van der Waals surface area contributed by atoms with E-state index in [0.29, 0.717) is 23.9 Å².